The van der Waals surface area contributed by atoms with Crippen LogP contribution in [0.2, 0.25) is 5.02 Å². The Bertz CT molecular complexity index is 1580. The van der Waals surface area contributed by atoms with Gasteiger partial charge in [-0.25, -0.2) is 9.97 Å². The van der Waals surface area contributed by atoms with Gasteiger partial charge in [-0.3, -0.25) is 19.0 Å². The smallest absolute Gasteiger partial charge is 0.265 e. The van der Waals surface area contributed by atoms with Gasteiger partial charge in [-0.15, -0.1) is 0 Å². The maximum absolute atomic E-state index is 13.5. The molecule has 36 heavy (non-hydrogen) atoms. The number of carbonyl (C=O) groups is 2. The number of hydrogen-bond acceptors (Lipinski definition) is 5. The first-order valence-electron chi connectivity index (χ1n) is 11.7. The SMILES string of the molecule is Cc1nc2c3cc(C(=O)NCc4ccc(Cl)cc4)c(=O)n(CC(=O)N4CC(C)(C)C4)c3ncc2n1C. The van der Waals surface area contributed by atoms with E-state index in [1.165, 1.54) is 10.6 Å². The molecule has 10 heteroatoms. The zero-order valence-electron chi connectivity index (χ0n) is 20.6. The highest BCUT2D eigenvalue weighted by Gasteiger charge is 2.37. The highest BCUT2D eigenvalue weighted by Crippen LogP contribution is 2.29. The molecule has 3 aromatic heterocycles. The number of pyridine rings is 2. The van der Waals surface area contributed by atoms with Crippen LogP contribution >= 0.6 is 11.6 Å². The molecule has 0 aliphatic carbocycles. The molecule has 1 fully saturated rings. The van der Waals surface area contributed by atoms with Gasteiger partial charge in [0.2, 0.25) is 5.91 Å². The summed E-state index contributed by atoms with van der Waals surface area (Å²) >= 11 is 5.94. The number of imidazole rings is 1. The zero-order valence-corrected chi connectivity index (χ0v) is 21.4. The number of nitrogens with zero attached hydrogens (tertiary/aromatic N) is 5. The van der Waals surface area contributed by atoms with Crippen LogP contribution in [0.3, 0.4) is 0 Å². The summed E-state index contributed by atoms with van der Waals surface area (Å²) in [5, 5.41) is 3.95. The van der Waals surface area contributed by atoms with Crippen LogP contribution < -0.4 is 10.9 Å². The third-order valence-electron chi connectivity index (χ3n) is 6.68. The fraction of sp³-hybridized carbons (Fsp3) is 0.346. The first-order chi connectivity index (χ1) is 17.0. The Morgan fingerprint density at radius 3 is 2.53 bits per heavy atom. The van der Waals surface area contributed by atoms with E-state index in [4.69, 9.17) is 11.6 Å². The normalized spacial score (nSPS) is 14.8. The number of rotatable bonds is 5. The van der Waals surface area contributed by atoms with Gasteiger partial charge in [-0.1, -0.05) is 37.6 Å². The second-order valence-corrected chi connectivity index (χ2v) is 10.6. The van der Waals surface area contributed by atoms with Gasteiger partial charge < -0.3 is 14.8 Å². The summed E-state index contributed by atoms with van der Waals surface area (Å²) in [4.78, 5) is 50.6. The average molecular weight is 507 g/mol. The Hall–Kier alpha value is -3.72. The summed E-state index contributed by atoms with van der Waals surface area (Å²) in [6.07, 6.45) is 1.64. The number of carbonyl (C=O) groups excluding carboxylic acids is 2. The van der Waals surface area contributed by atoms with Gasteiger partial charge in [0.05, 0.1) is 11.7 Å². The molecule has 0 bridgehead atoms. The van der Waals surface area contributed by atoms with Crippen molar-refractivity contribution < 1.29 is 9.59 Å². The molecule has 9 nitrogen and oxygen atoms in total. The molecule has 1 N–H and O–H groups in total. The fourth-order valence-corrected chi connectivity index (χ4v) is 4.78. The fourth-order valence-electron chi connectivity index (χ4n) is 4.65. The van der Waals surface area contributed by atoms with Crippen molar-refractivity contribution in [3.63, 3.8) is 0 Å². The van der Waals surface area contributed by atoms with Gasteiger partial charge in [0, 0.05) is 37.1 Å². The Labute approximate surface area is 212 Å². The topological polar surface area (TPSA) is 102 Å². The molecule has 0 spiro atoms. The van der Waals surface area contributed by atoms with E-state index in [0.717, 1.165) is 16.9 Å². The summed E-state index contributed by atoms with van der Waals surface area (Å²) in [5.74, 6) is 0.0491. The number of aromatic nitrogens is 4. The van der Waals surface area contributed by atoms with Gasteiger partial charge in [0.15, 0.2) is 0 Å². The van der Waals surface area contributed by atoms with Gasteiger partial charge in [-0.2, -0.15) is 0 Å². The lowest BCUT2D eigenvalue weighted by Gasteiger charge is -2.45. The summed E-state index contributed by atoms with van der Waals surface area (Å²) in [6.45, 7) is 7.32. The summed E-state index contributed by atoms with van der Waals surface area (Å²) in [6, 6.07) is 8.61. The third-order valence-corrected chi connectivity index (χ3v) is 6.93. The highest BCUT2D eigenvalue weighted by atomic mass is 35.5. The molecule has 5 rings (SSSR count). The van der Waals surface area contributed by atoms with Crippen LogP contribution in [-0.4, -0.2) is 48.9 Å². The number of nitrogens with one attached hydrogen (secondary N) is 1. The molecular weight excluding hydrogens is 480 g/mol. The predicted octanol–water partition coefficient (Wildman–Crippen LogP) is 3.04. The lowest BCUT2D eigenvalue weighted by molar-refractivity contribution is -0.142. The number of aryl methyl sites for hydroxylation is 2. The van der Waals surface area contributed by atoms with Crippen molar-refractivity contribution in [3.05, 3.63) is 68.9 Å². The maximum Gasteiger partial charge on any atom is 0.265 e. The number of benzene rings is 1. The van der Waals surface area contributed by atoms with E-state index in [9.17, 15) is 14.4 Å². The summed E-state index contributed by atoms with van der Waals surface area (Å²) < 4.78 is 3.19. The molecule has 4 aromatic rings. The molecule has 1 aliphatic rings. The predicted molar refractivity (Wildman–Crippen MR) is 138 cm³/mol. The quantitative estimate of drug-likeness (QED) is 0.448. The van der Waals surface area contributed by atoms with E-state index >= 15 is 0 Å². The molecule has 0 radical (unpaired) electrons. The number of hydrogen-bond donors (Lipinski definition) is 1. The largest absolute Gasteiger partial charge is 0.348 e. The Balaban J connectivity index is 1.57. The van der Waals surface area contributed by atoms with Crippen molar-refractivity contribution in [1.82, 2.24) is 29.3 Å². The highest BCUT2D eigenvalue weighted by molar-refractivity contribution is 6.30. The standard InChI is InChI=1S/C26H27ClN6O3/c1-15-30-22-18-9-19(24(35)29-10-16-5-7-17(27)8-6-16)25(36)33(23(18)28-11-20(22)31(15)4)12-21(34)32-13-26(2,3)14-32/h5-9,11H,10,12-14H2,1-4H3,(H,29,35). The van der Waals surface area contributed by atoms with Crippen molar-refractivity contribution in [1.29, 1.82) is 0 Å². The second-order valence-electron chi connectivity index (χ2n) is 10.1. The summed E-state index contributed by atoms with van der Waals surface area (Å²) in [7, 11) is 1.88. The van der Waals surface area contributed by atoms with Crippen LogP contribution in [0.5, 0.6) is 0 Å². The lowest BCUT2D eigenvalue weighted by Crippen LogP contribution is -2.56. The van der Waals surface area contributed by atoms with Gasteiger partial charge in [0.25, 0.3) is 11.5 Å². The van der Waals surface area contributed by atoms with Crippen LogP contribution in [0.15, 0.2) is 41.3 Å². The van der Waals surface area contributed by atoms with Crippen molar-refractivity contribution in [2.45, 2.75) is 33.9 Å². The van der Waals surface area contributed by atoms with Gasteiger partial charge >= 0.3 is 0 Å². The van der Waals surface area contributed by atoms with E-state index in [1.807, 2.05) is 18.5 Å². The Kier molecular flexibility index (Phi) is 5.83. The molecule has 0 atom stereocenters. The first kappa shape index (κ1) is 24.0. The van der Waals surface area contributed by atoms with Crippen molar-refractivity contribution >= 4 is 45.5 Å². The lowest BCUT2D eigenvalue weighted by atomic mass is 9.84. The minimum atomic E-state index is -0.566. The van der Waals surface area contributed by atoms with E-state index in [0.29, 0.717) is 34.7 Å². The number of fused-ring (bicyclic) bond motifs is 3. The molecule has 0 unspecified atom stereocenters. The zero-order chi connectivity index (χ0) is 25.8. The maximum atomic E-state index is 13.5. The molecule has 4 heterocycles. The second kappa shape index (κ2) is 8.74. The van der Waals surface area contributed by atoms with Crippen molar-refractivity contribution in [3.8, 4) is 0 Å². The van der Waals surface area contributed by atoms with Crippen molar-refractivity contribution in [2.24, 2.45) is 12.5 Å². The number of likely N-dealkylation sites (tertiary alicyclic amines) is 1. The van der Waals surface area contributed by atoms with E-state index in [-0.39, 0.29) is 30.0 Å². The van der Waals surface area contributed by atoms with E-state index in [2.05, 4.69) is 29.1 Å². The number of amides is 2. The van der Waals surface area contributed by atoms with E-state index < -0.39 is 11.5 Å². The minimum Gasteiger partial charge on any atom is -0.348 e. The molecule has 0 saturated carbocycles. The van der Waals surface area contributed by atoms with E-state index in [1.54, 1.807) is 35.4 Å². The van der Waals surface area contributed by atoms with Gasteiger partial charge in [-0.05, 0) is 36.1 Å². The van der Waals surface area contributed by atoms with Crippen LogP contribution in [0.1, 0.15) is 35.6 Å². The van der Waals surface area contributed by atoms with Crippen LogP contribution in [-0.2, 0) is 24.9 Å². The molecule has 1 saturated heterocycles. The first-order valence-corrected chi connectivity index (χ1v) is 12.1. The average Bonchev–Trinajstić information content (AvgIpc) is 3.12. The van der Waals surface area contributed by atoms with Gasteiger partial charge in [0.1, 0.15) is 29.1 Å². The summed E-state index contributed by atoms with van der Waals surface area (Å²) in [5.41, 5.74) is 1.99. The van der Waals surface area contributed by atoms with Crippen LogP contribution in [0.25, 0.3) is 22.1 Å². The van der Waals surface area contributed by atoms with Crippen LogP contribution in [0, 0.1) is 12.3 Å². The van der Waals surface area contributed by atoms with Crippen LogP contribution in [0.4, 0.5) is 0 Å². The monoisotopic (exact) mass is 506 g/mol. The molecule has 1 aromatic carbocycles. The molecule has 186 valence electrons. The molecule has 2 amide bonds. The molecule has 1 aliphatic heterocycles. The molecular formula is C26H27ClN6O3. The number of halogens is 1. The Morgan fingerprint density at radius 2 is 1.86 bits per heavy atom. The van der Waals surface area contributed by atoms with Crippen molar-refractivity contribution in [2.75, 3.05) is 13.1 Å². The Morgan fingerprint density at radius 1 is 1.17 bits per heavy atom. The third kappa shape index (κ3) is 4.24. The minimum absolute atomic E-state index is 0.0575.